The van der Waals surface area contributed by atoms with E-state index in [1.165, 1.54) is 5.56 Å². The molecule has 0 fully saturated rings. The molecule has 3 nitrogen and oxygen atoms in total. The number of hydrogen-bond acceptors (Lipinski definition) is 3. The topological polar surface area (TPSA) is 30.5 Å². The van der Waals surface area contributed by atoms with Gasteiger partial charge in [0.25, 0.3) is 0 Å². The fourth-order valence-electron chi connectivity index (χ4n) is 2.07. The largest absolute Gasteiger partial charge is 0.492 e. The lowest BCUT2D eigenvalue weighted by Gasteiger charge is -2.27. The van der Waals surface area contributed by atoms with Crippen molar-refractivity contribution >= 4 is 0 Å². The monoisotopic (exact) mass is 265 g/mol. The normalized spacial score (nSPS) is 13.3. The van der Waals surface area contributed by atoms with Gasteiger partial charge in [0.1, 0.15) is 12.4 Å². The molecule has 1 atom stereocenters. The minimum absolute atomic E-state index is 0.0795. The predicted octanol–water partition coefficient (Wildman–Crippen LogP) is 3.17. The van der Waals surface area contributed by atoms with Gasteiger partial charge in [0.05, 0.1) is 5.60 Å². The van der Waals surface area contributed by atoms with Gasteiger partial charge in [0.2, 0.25) is 0 Å². The number of hydrogen-bond donors (Lipinski definition) is 1. The summed E-state index contributed by atoms with van der Waals surface area (Å²) in [6.07, 6.45) is 0.980. The first kappa shape index (κ1) is 16.0. The molecular weight excluding hydrogens is 238 g/mol. The van der Waals surface area contributed by atoms with Gasteiger partial charge in [0, 0.05) is 19.7 Å². The molecule has 108 valence electrons. The van der Waals surface area contributed by atoms with Gasteiger partial charge in [-0.15, -0.1) is 0 Å². The highest BCUT2D eigenvalue weighted by molar-refractivity contribution is 5.27. The van der Waals surface area contributed by atoms with Crippen LogP contribution in [0.5, 0.6) is 5.75 Å². The molecule has 1 aromatic carbocycles. The molecule has 0 aliphatic rings. The van der Waals surface area contributed by atoms with Crippen LogP contribution in [0.25, 0.3) is 0 Å². The summed E-state index contributed by atoms with van der Waals surface area (Å²) in [6, 6.07) is 8.54. The van der Waals surface area contributed by atoms with Gasteiger partial charge in [-0.1, -0.05) is 12.1 Å². The zero-order valence-corrected chi connectivity index (χ0v) is 12.8. The van der Waals surface area contributed by atoms with Gasteiger partial charge in [-0.25, -0.2) is 0 Å². The molecule has 1 N–H and O–H groups in total. The third kappa shape index (κ3) is 6.60. The Morgan fingerprint density at radius 3 is 2.68 bits per heavy atom. The van der Waals surface area contributed by atoms with Crippen LogP contribution in [0.15, 0.2) is 24.3 Å². The Balaban J connectivity index is 2.20. The smallest absolute Gasteiger partial charge is 0.119 e. The van der Waals surface area contributed by atoms with E-state index in [0.717, 1.165) is 18.7 Å². The van der Waals surface area contributed by atoms with E-state index in [2.05, 4.69) is 45.1 Å². The van der Waals surface area contributed by atoms with Crippen molar-refractivity contribution in [3.05, 3.63) is 29.8 Å². The molecule has 1 aromatic rings. The Hall–Kier alpha value is -1.06. The van der Waals surface area contributed by atoms with Crippen LogP contribution >= 0.6 is 0 Å². The number of rotatable bonds is 8. The van der Waals surface area contributed by atoms with Crippen molar-refractivity contribution in [2.75, 3.05) is 20.3 Å². The van der Waals surface area contributed by atoms with E-state index in [1.54, 1.807) is 7.11 Å². The van der Waals surface area contributed by atoms with Crippen molar-refractivity contribution in [3.8, 4) is 5.75 Å². The van der Waals surface area contributed by atoms with Gasteiger partial charge in [-0.3, -0.25) is 0 Å². The van der Waals surface area contributed by atoms with Crippen molar-refractivity contribution in [3.63, 3.8) is 0 Å². The molecule has 0 spiro atoms. The van der Waals surface area contributed by atoms with Crippen LogP contribution < -0.4 is 10.1 Å². The third-order valence-corrected chi connectivity index (χ3v) is 3.20. The first-order chi connectivity index (χ1) is 8.93. The van der Waals surface area contributed by atoms with Crippen molar-refractivity contribution in [1.82, 2.24) is 5.32 Å². The molecule has 0 saturated carbocycles. The molecule has 0 aliphatic carbocycles. The molecule has 1 unspecified atom stereocenters. The average molecular weight is 265 g/mol. The fraction of sp³-hybridized carbons (Fsp3) is 0.625. The SMILES string of the molecule is COC(C)(C)CC(C)NCCOc1cccc(C)c1. The average Bonchev–Trinajstić information content (AvgIpc) is 2.34. The van der Waals surface area contributed by atoms with E-state index < -0.39 is 0 Å². The Kier molecular flexibility index (Phi) is 6.32. The van der Waals surface area contributed by atoms with Gasteiger partial charge in [0.15, 0.2) is 0 Å². The van der Waals surface area contributed by atoms with Gasteiger partial charge >= 0.3 is 0 Å². The summed E-state index contributed by atoms with van der Waals surface area (Å²) >= 11 is 0. The minimum Gasteiger partial charge on any atom is -0.492 e. The van der Waals surface area contributed by atoms with E-state index in [-0.39, 0.29) is 5.60 Å². The maximum Gasteiger partial charge on any atom is 0.119 e. The van der Waals surface area contributed by atoms with Crippen LogP contribution in [-0.2, 0) is 4.74 Å². The number of benzene rings is 1. The van der Waals surface area contributed by atoms with E-state index in [0.29, 0.717) is 12.6 Å². The summed E-state index contributed by atoms with van der Waals surface area (Å²) in [5, 5.41) is 3.45. The Morgan fingerprint density at radius 1 is 1.32 bits per heavy atom. The summed E-state index contributed by atoms with van der Waals surface area (Å²) in [5.41, 5.74) is 1.14. The van der Waals surface area contributed by atoms with E-state index in [1.807, 2.05) is 12.1 Å². The minimum atomic E-state index is -0.0795. The lowest BCUT2D eigenvalue weighted by molar-refractivity contribution is 0.00838. The second-order valence-corrected chi connectivity index (χ2v) is 5.69. The number of ether oxygens (including phenoxy) is 2. The molecule has 0 bridgehead atoms. The van der Waals surface area contributed by atoms with Crippen LogP contribution in [0.4, 0.5) is 0 Å². The highest BCUT2D eigenvalue weighted by Crippen LogP contribution is 2.15. The highest BCUT2D eigenvalue weighted by Gasteiger charge is 2.19. The molecular formula is C16H27NO2. The van der Waals surface area contributed by atoms with E-state index in [9.17, 15) is 0 Å². The van der Waals surface area contributed by atoms with Gasteiger partial charge in [-0.05, 0) is 51.8 Å². The standard InChI is InChI=1S/C16H27NO2/c1-13-7-6-8-15(11-13)19-10-9-17-14(2)12-16(3,4)18-5/h6-8,11,14,17H,9-10,12H2,1-5H3. The van der Waals surface area contributed by atoms with Crippen molar-refractivity contribution in [1.29, 1.82) is 0 Å². The van der Waals surface area contributed by atoms with Crippen molar-refractivity contribution in [2.45, 2.75) is 45.8 Å². The van der Waals surface area contributed by atoms with Crippen LogP contribution in [-0.4, -0.2) is 31.9 Å². The molecule has 0 aromatic heterocycles. The maximum atomic E-state index is 5.70. The maximum absolute atomic E-state index is 5.70. The van der Waals surface area contributed by atoms with Crippen LogP contribution in [0, 0.1) is 6.92 Å². The molecule has 0 heterocycles. The Bertz CT molecular complexity index is 377. The Labute approximate surface area is 117 Å². The van der Waals surface area contributed by atoms with Crippen LogP contribution in [0.3, 0.4) is 0 Å². The zero-order valence-electron chi connectivity index (χ0n) is 12.8. The summed E-state index contributed by atoms with van der Waals surface area (Å²) < 4.78 is 11.1. The van der Waals surface area contributed by atoms with E-state index >= 15 is 0 Å². The Morgan fingerprint density at radius 2 is 2.05 bits per heavy atom. The van der Waals surface area contributed by atoms with Crippen molar-refractivity contribution < 1.29 is 9.47 Å². The first-order valence-electron chi connectivity index (χ1n) is 6.91. The predicted molar refractivity (Wildman–Crippen MR) is 79.8 cm³/mol. The summed E-state index contributed by atoms with van der Waals surface area (Å²) in [4.78, 5) is 0. The molecule has 1 rings (SSSR count). The summed E-state index contributed by atoms with van der Waals surface area (Å²) in [6.45, 7) is 9.98. The first-order valence-corrected chi connectivity index (χ1v) is 6.91. The molecule has 0 aliphatic heterocycles. The number of aryl methyl sites for hydroxylation is 1. The number of methoxy groups -OCH3 is 1. The highest BCUT2D eigenvalue weighted by atomic mass is 16.5. The fourth-order valence-corrected chi connectivity index (χ4v) is 2.07. The van der Waals surface area contributed by atoms with Crippen LogP contribution in [0.2, 0.25) is 0 Å². The molecule has 0 amide bonds. The summed E-state index contributed by atoms with van der Waals surface area (Å²) in [7, 11) is 1.76. The molecule has 0 radical (unpaired) electrons. The summed E-state index contributed by atoms with van der Waals surface area (Å²) in [5.74, 6) is 0.937. The molecule has 3 heteroatoms. The molecule has 19 heavy (non-hydrogen) atoms. The molecule has 0 saturated heterocycles. The lowest BCUT2D eigenvalue weighted by atomic mass is 10.00. The zero-order chi connectivity index (χ0) is 14.3. The van der Waals surface area contributed by atoms with Gasteiger partial charge in [-0.2, -0.15) is 0 Å². The lowest BCUT2D eigenvalue weighted by Crippen LogP contribution is -2.37. The van der Waals surface area contributed by atoms with Gasteiger partial charge < -0.3 is 14.8 Å². The quantitative estimate of drug-likeness (QED) is 0.732. The van der Waals surface area contributed by atoms with Crippen LogP contribution in [0.1, 0.15) is 32.8 Å². The van der Waals surface area contributed by atoms with E-state index in [4.69, 9.17) is 9.47 Å². The van der Waals surface area contributed by atoms with Crippen molar-refractivity contribution in [2.24, 2.45) is 0 Å². The second-order valence-electron chi connectivity index (χ2n) is 5.69. The number of nitrogens with one attached hydrogen (secondary N) is 1. The third-order valence-electron chi connectivity index (χ3n) is 3.20. The second kappa shape index (κ2) is 7.51.